The minimum atomic E-state index is -1.86. The number of methoxy groups -OCH3 is 1. The number of hydrogen-bond donors (Lipinski definition) is 6. The summed E-state index contributed by atoms with van der Waals surface area (Å²) in [6.07, 6.45) is -2.06. The van der Waals surface area contributed by atoms with E-state index in [4.69, 9.17) is 52.2 Å². The molecule has 23 nitrogen and oxygen atoms in total. The van der Waals surface area contributed by atoms with Crippen LogP contribution in [-0.4, -0.2) is 178 Å². The second kappa shape index (κ2) is 25.3. The number of hydroxylamine groups is 3. The quantitative estimate of drug-likeness (QED) is 0.0442. The number of hydrogen-bond acceptors (Lipinski definition) is 23. The molecular weight excluding hydrogens is 1100 g/mol. The molecule has 6 fully saturated rings. The van der Waals surface area contributed by atoms with Crippen molar-refractivity contribution in [3.63, 3.8) is 0 Å². The van der Waals surface area contributed by atoms with Gasteiger partial charge in [0.05, 0.1) is 66.5 Å². The van der Waals surface area contributed by atoms with Gasteiger partial charge in [0.25, 0.3) is 0 Å². The van der Waals surface area contributed by atoms with Crippen LogP contribution in [0.4, 0.5) is 0 Å². The molecule has 1 spiro atoms. The van der Waals surface area contributed by atoms with Gasteiger partial charge in [-0.25, -0.2) is 4.79 Å². The topological polar surface area (TPSA) is 309 Å². The summed E-state index contributed by atoms with van der Waals surface area (Å²) in [6.45, 7) is 21.1. The maximum Gasteiger partial charge on any atom is 0.346 e. The van der Waals surface area contributed by atoms with E-state index in [1.807, 2.05) is 26.0 Å². The van der Waals surface area contributed by atoms with Gasteiger partial charge in [0.1, 0.15) is 35.9 Å². The van der Waals surface area contributed by atoms with Gasteiger partial charge in [0, 0.05) is 69.3 Å². The minimum absolute atomic E-state index is 0.0125. The van der Waals surface area contributed by atoms with Gasteiger partial charge in [-0.2, -0.15) is 0 Å². The van der Waals surface area contributed by atoms with E-state index < -0.39 is 180 Å². The van der Waals surface area contributed by atoms with Crippen molar-refractivity contribution in [1.82, 2.24) is 10.7 Å². The number of nitrogens with zero attached hydrogens (tertiary/aromatic N) is 1. The molecule has 0 aromatic rings. The third kappa shape index (κ3) is 12.1. The predicted octanol–water partition coefficient (Wildman–Crippen LogP) is 5.40. The molecule has 0 aromatic carbocycles. The molecule has 0 amide bonds. The highest BCUT2D eigenvalue weighted by Gasteiger charge is 2.64. The first-order chi connectivity index (χ1) is 39.6. The number of Topliss-reactive ketones (excluding diaryl/α,β-unsaturated/α-hetero) is 1. The van der Waals surface area contributed by atoms with Crippen LogP contribution in [0.3, 0.4) is 0 Å². The molecule has 4 aliphatic carbocycles. The Morgan fingerprint density at radius 2 is 1.39 bits per heavy atom. The van der Waals surface area contributed by atoms with Gasteiger partial charge < -0.3 is 83.0 Å². The number of allylic oxidation sites excluding steroid dienone is 4. The number of rotatable bonds is 13. The number of nitrogens with one attached hydrogen (secondary N) is 1. The summed E-state index contributed by atoms with van der Waals surface area (Å²) in [5.41, 5.74) is -0.976. The van der Waals surface area contributed by atoms with Gasteiger partial charge >= 0.3 is 11.9 Å². The van der Waals surface area contributed by atoms with E-state index >= 15 is 4.79 Å². The van der Waals surface area contributed by atoms with Crippen LogP contribution in [-0.2, 0) is 71.4 Å². The van der Waals surface area contributed by atoms with Crippen molar-refractivity contribution < 1.29 is 97.0 Å². The lowest BCUT2D eigenvalue weighted by molar-refractivity contribution is -0.335. The zero-order valence-electron chi connectivity index (χ0n) is 50.5. The largest absolute Gasteiger partial charge is 0.762 e. The Hall–Kier alpha value is -3.86. The standard InChI is InChI=1S/C61H89N2O21/c1-27-14-17-43(79-48-25-59(11,63(72)73)55(35(9)78-48)62-84-36(10)65)28(2)19-38-20-37(26-64)31(5)24-61(38)57(70)49(58(71)83-61)56(69)60(12)40(27)16-15-39-50(60)29(3)18-30(4)52(39)81-47-23-44(51(68)32(6)75-47)80-45-22-42(67)54(34(8)77-45)82-46-21-41(66)53(74-13)33(7)76-46/h14-16,19-20,26,29-35,38-48,50-55,62,66-69,72H,17-18,21-25H2,1-13H3/q-1/b27-14-,28-19-,56-49-/t29-,30-,31+,32-,33-,34-,35+,38+,39-,40-,41+,42+,43-,44+,45-,46+,47-,48-,50+,51-,52-,53-,54-,55-,59-,60+,61-/m0/s1. The second-order valence-corrected chi connectivity index (χ2v) is 25.9. The Morgan fingerprint density at radius 1 is 0.774 bits per heavy atom. The summed E-state index contributed by atoms with van der Waals surface area (Å²) in [6, 6.07) is -0.990. The Bertz CT molecular complexity index is 2580. The molecule has 9 rings (SSSR count). The van der Waals surface area contributed by atoms with Crippen LogP contribution < -0.4 is 5.48 Å². The van der Waals surface area contributed by atoms with Crippen LogP contribution in [0.1, 0.15) is 128 Å². The van der Waals surface area contributed by atoms with Crippen molar-refractivity contribution in [3.05, 3.63) is 63.6 Å². The number of ketones is 1. The number of esters is 1. The molecule has 5 heterocycles. The van der Waals surface area contributed by atoms with Crippen LogP contribution in [0.15, 0.2) is 58.4 Å². The Kier molecular flexibility index (Phi) is 19.5. The van der Waals surface area contributed by atoms with Crippen LogP contribution in [0.25, 0.3) is 0 Å². The van der Waals surface area contributed by atoms with Crippen LogP contribution in [0, 0.1) is 52.0 Å². The molecule has 5 aliphatic heterocycles. The van der Waals surface area contributed by atoms with Crippen LogP contribution >= 0.6 is 0 Å². The first-order valence-electron chi connectivity index (χ1n) is 29.9. The molecule has 470 valence electrons. The zero-order chi connectivity index (χ0) is 61.2. The molecular formula is C61H89N2O21-. The number of aliphatic hydroxyl groups is 4. The lowest BCUT2D eigenvalue weighted by atomic mass is 9.49. The number of fused-ring (bicyclic) bond motifs is 4. The fourth-order valence-corrected chi connectivity index (χ4v) is 15.7. The Balaban J connectivity index is 1.01. The summed E-state index contributed by atoms with van der Waals surface area (Å²) < 4.78 is 63.1. The molecule has 0 radical (unpaired) electrons. The third-order valence-corrected chi connectivity index (χ3v) is 20.1. The summed E-state index contributed by atoms with van der Waals surface area (Å²) in [4.78, 5) is 59.7. The normalized spacial score (nSPS) is 49.4. The van der Waals surface area contributed by atoms with E-state index in [1.165, 1.54) is 21.0 Å². The van der Waals surface area contributed by atoms with E-state index in [0.29, 0.717) is 17.6 Å². The molecule has 2 bridgehead atoms. The number of aliphatic hydroxyl groups excluding tert-OH is 4. The van der Waals surface area contributed by atoms with Gasteiger partial charge in [0.2, 0.25) is 5.78 Å². The fraction of sp³-hybridized carbons (Fsp3) is 0.770. The van der Waals surface area contributed by atoms with E-state index in [2.05, 4.69) is 25.4 Å². The van der Waals surface area contributed by atoms with Crippen LogP contribution in [0.2, 0.25) is 0 Å². The lowest BCUT2D eigenvalue weighted by Crippen LogP contribution is -2.66. The molecule has 27 atom stereocenters. The van der Waals surface area contributed by atoms with Crippen molar-refractivity contribution in [2.24, 2.45) is 46.8 Å². The molecule has 9 aliphatic rings. The average Bonchev–Trinajstić information content (AvgIpc) is 1.36. The number of aldehydes is 1. The third-order valence-electron chi connectivity index (χ3n) is 20.1. The lowest BCUT2D eigenvalue weighted by Gasteiger charge is -2.56. The minimum Gasteiger partial charge on any atom is -0.762 e. The van der Waals surface area contributed by atoms with Gasteiger partial charge in [-0.15, -0.1) is 5.48 Å². The van der Waals surface area contributed by atoms with Crippen molar-refractivity contribution in [1.29, 1.82) is 0 Å². The van der Waals surface area contributed by atoms with Crippen molar-refractivity contribution in [2.45, 2.75) is 244 Å². The Labute approximate surface area is 491 Å². The number of carbonyl (C=O) groups excluding carboxylic acids is 4. The first-order valence-corrected chi connectivity index (χ1v) is 29.9. The smallest absolute Gasteiger partial charge is 0.346 e. The molecule has 84 heavy (non-hydrogen) atoms. The van der Waals surface area contributed by atoms with E-state index in [-0.39, 0.29) is 55.6 Å². The highest BCUT2D eigenvalue weighted by molar-refractivity contribution is 6.26. The Morgan fingerprint density at radius 3 is 2.02 bits per heavy atom. The van der Waals surface area contributed by atoms with Gasteiger partial charge in [-0.3, -0.25) is 19.6 Å². The fourth-order valence-electron chi connectivity index (χ4n) is 15.7. The monoisotopic (exact) mass is 1190 g/mol. The molecule has 0 unspecified atom stereocenters. The highest BCUT2D eigenvalue weighted by atomic mass is 16.8. The zero-order valence-corrected chi connectivity index (χ0v) is 50.5. The van der Waals surface area contributed by atoms with Crippen molar-refractivity contribution in [2.75, 3.05) is 7.11 Å². The molecule has 5 saturated heterocycles. The maximum atomic E-state index is 15.5. The maximum absolute atomic E-state index is 15.5. The van der Waals surface area contributed by atoms with Crippen molar-refractivity contribution in [3.8, 4) is 0 Å². The first kappa shape index (κ1) is 64.6. The number of carbonyl (C=O) groups is 4. The SMILES string of the molecule is CO[C@@H]1[C@H](O)C[C@@H](O[C@@H]2[C@H](O)C[C@H](O[C@@H]3C[C@H](O[C@@H]4[C@H]5C=C[C@H]6/C(C)=C\C[C@H](O[C@H]7C[C@](C)(N([O-])O)[C@@H](NOC(C)=O)[C@@H](C)O7)/C(C)=C\[C@@H]7C=C(C=O)[C@H](C)C[C@]78OC(=O)/C(=C(\O)[C@@]6(C)[C@@H]5[C@@H](C)C[C@@H]4C)C8=O)O[C@@H](C)[C@@H]3O)O[C@H]2C)O[C@H]1C. The molecule has 0 aromatic heterocycles. The summed E-state index contributed by atoms with van der Waals surface area (Å²) in [5.74, 6) is -6.01. The number of ether oxygens (including phenoxy) is 10. The molecule has 6 N–H and O–H groups in total. The average molecular weight is 1190 g/mol. The predicted molar refractivity (Wildman–Crippen MR) is 296 cm³/mol. The molecule has 23 heteroatoms. The summed E-state index contributed by atoms with van der Waals surface area (Å²) in [7, 11) is 1.50. The second-order valence-electron chi connectivity index (χ2n) is 25.9. The van der Waals surface area contributed by atoms with Gasteiger partial charge in [-0.05, 0) is 96.1 Å². The van der Waals surface area contributed by atoms with Crippen LogP contribution in [0.5, 0.6) is 0 Å². The molecule has 1 saturated carbocycles. The van der Waals surface area contributed by atoms with E-state index in [1.54, 1.807) is 53.7 Å². The van der Waals surface area contributed by atoms with Gasteiger partial charge in [-0.1, -0.05) is 63.6 Å². The van der Waals surface area contributed by atoms with E-state index in [0.717, 1.165) is 11.9 Å². The van der Waals surface area contributed by atoms with Gasteiger partial charge in [0.15, 0.2) is 30.8 Å². The summed E-state index contributed by atoms with van der Waals surface area (Å²) >= 11 is 0. The summed E-state index contributed by atoms with van der Waals surface area (Å²) in [5, 5.41) is 70.1. The van der Waals surface area contributed by atoms with Crippen molar-refractivity contribution >= 4 is 24.0 Å². The van der Waals surface area contributed by atoms with E-state index in [9.17, 15) is 45.2 Å². The highest BCUT2D eigenvalue weighted by Crippen LogP contribution is 2.61.